The second-order valence-corrected chi connectivity index (χ2v) is 8.60. The van der Waals surface area contributed by atoms with Gasteiger partial charge in [-0.2, -0.15) is 0 Å². The predicted octanol–water partition coefficient (Wildman–Crippen LogP) is 4.17. The van der Waals surface area contributed by atoms with Crippen molar-refractivity contribution in [1.82, 2.24) is 4.57 Å². The monoisotopic (exact) mass is 490 g/mol. The fraction of sp³-hybridized carbons (Fsp3) is 0.0769. The van der Waals surface area contributed by atoms with E-state index in [0.717, 1.165) is 10.1 Å². The van der Waals surface area contributed by atoms with Crippen LogP contribution in [-0.2, 0) is 0 Å². The molecule has 168 valence electrons. The average Bonchev–Trinajstić information content (AvgIpc) is 3.09. The highest BCUT2D eigenvalue weighted by atomic mass is 35.5. The molecule has 0 unspecified atom stereocenters. The number of rotatable bonds is 3. The van der Waals surface area contributed by atoms with Crippen molar-refractivity contribution in [3.8, 4) is 11.4 Å². The van der Waals surface area contributed by atoms with Gasteiger partial charge in [0.2, 0.25) is 0 Å². The summed E-state index contributed by atoms with van der Waals surface area (Å²) in [4.78, 5) is 45.1. The number of hydrogen-bond donors (Lipinski definition) is 0. The van der Waals surface area contributed by atoms with Crippen molar-refractivity contribution in [3.05, 3.63) is 123 Å². The van der Waals surface area contributed by atoms with E-state index in [0.29, 0.717) is 22.5 Å². The Morgan fingerprint density at radius 3 is 2.12 bits per heavy atom. The molecular formula is C26H16Cl2N2O4. The van der Waals surface area contributed by atoms with Gasteiger partial charge in [0.05, 0.1) is 39.1 Å². The number of aryl methyl sites for hydroxylation is 1. The molecule has 1 aliphatic carbocycles. The first-order valence-corrected chi connectivity index (χ1v) is 11.0. The van der Waals surface area contributed by atoms with Crippen molar-refractivity contribution < 1.29 is 4.74 Å². The first-order chi connectivity index (χ1) is 16.3. The van der Waals surface area contributed by atoms with Crippen molar-refractivity contribution in [1.29, 1.82) is 0 Å². The van der Waals surface area contributed by atoms with Gasteiger partial charge in [-0.1, -0.05) is 41.4 Å². The first-order valence-electron chi connectivity index (χ1n) is 10.3. The maximum Gasteiger partial charge on any atom is 0.270 e. The quantitative estimate of drug-likeness (QED) is 0.380. The molecule has 0 radical (unpaired) electrons. The lowest BCUT2D eigenvalue weighted by Crippen LogP contribution is -2.26. The second kappa shape index (κ2) is 8.24. The molecule has 3 aromatic rings. The molecule has 5 rings (SSSR count). The molecule has 2 aliphatic rings. The molecule has 0 bridgehead atoms. The van der Waals surface area contributed by atoms with E-state index < -0.39 is 16.5 Å². The molecule has 1 heterocycles. The molecule has 0 N–H and O–H groups in total. The molecule has 3 aromatic carbocycles. The Hall–Kier alpha value is -3.74. The topological polar surface area (TPSA) is 77.7 Å². The summed E-state index contributed by atoms with van der Waals surface area (Å²) in [6, 6.07) is 16.6. The van der Waals surface area contributed by atoms with Crippen LogP contribution in [0.3, 0.4) is 0 Å². The van der Waals surface area contributed by atoms with Gasteiger partial charge in [0, 0.05) is 10.8 Å². The van der Waals surface area contributed by atoms with Crippen LogP contribution >= 0.6 is 23.2 Å². The van der Waals surface area contributed by atoms with Crippen molar-refractivity contribution in [2.24, 2.45) is 4.99 Å². The van der Waals surface area contributed by atoms with Crippen LogP contribution in [0.2, 0.25) is 10.0 Å². The SMILES string of the molecule is COc1ccc(/N=c2/c3c(=O)n(-c4ccccc4)c(=O)c=3c(=O)c3cc(Cl)c(Cl)cc23)c(C)c1. The number of methoxy groups -OCH3 is 1. The van der Waals surface area contributed by atoms with E-state index in [4.69, 9.17) is 32.9 Å². The van der Waals surface area contributed by atoms with Gasteiger partial charge >= 0.3 is 0 Å². The number of ether oxygens (including phenoxy) is 1. The molecule has 0 amide bonds. The van der Waals surface area contributed by atoms with Gasteiger partial charge in [-0.15, -0.1) is 0 Å². The number of para-hydroxylation sites is 1. The zero-order chi connectivity index (χ0) is 24.1. The predicted molar refractivity (Wildman–Crippen MR) is 133 cm³/mol. The van der Waals surface area contributed by atoms with Crippen LogP contribution < -0.4 is 26.6 Å². The normalized spacial score (nSPS) is 12.1. The lowest BCUT2D eigenvalue weighted by Gasteiger charge is -2.05. The number of aromatic nitrogens is 1. The minimum Gasteiger partial charge on any atom is -0.497 e. The van der Waals surface area contributed by atoms with Gasteiger partial charge in [-0.25, -0.2) is 9.56 Å². The highest BCUT2D eigenvalue weighted by Gasteiger charge is 2.20. The third-order valence-corrected chi connectivity index (χ3v) is 6.48. The lowest BCUT2D eigenvalue weighted by atomic mass is 10.1. The van der Waals surface area contributed by atoms with Gasteiger partial charge in [0.25, 0.3) is 11.1 Å². The molecule has 0 atom stereocenters. The van der Waals surface area contributed by atoms with Gasteiger partial charge < -0.3 is 4.74 Å². The Kier molecular flexibility index (Phi) is 5.35. The maximum absolute atomic E-state index is 13.6. The fourth-order valence-corrected chi connectivity index (χ4v) is 4.42. The summed E-state index contributed by atoms with van der Waals surface area (Å²) in [5, 5.41) is 0.763. The molecular weight excluding hydrogens is 475 g/mol. The summed E-state index contributed by atoms with van der Waals surface area (Å²) >= 11 is 12.5. The molecule has 8 heteroatoms. The molecule has 6 nitrogen and oxygen atoms in total. The molecule has 0 saturated carbocycles. The highest BCUT2D eigenvalue weighted by molar-refractivity contribution is 6.42. The van der Waals surface area contributed by atoms with Crippen LogP contribution in [-0.4, -0.2) is 11.7 Å². The Morgan fingerprint density at radius 2 is 1.47 bits per heavy atom. The zero-order valence-electron chi connectivity index (χ0n) is 18.1. The molecule has 34 heavy (non-hydrogen) atoms. The fourth-order valence-electron chi connectivity index (χ4n) is 4.09. The van der Waals surface area contributed by atoms with E-state index in [2.05, 4.69) is 0 Å². The first kappa shape index (κ1) is 22.1. The van der Waals surface area contributed by atoms with Crippen LogP contribution in [0.4, 0.5) is 5.69 Å². The molecule has 0 aromatic heterocycles. The van der Waals surface area contributed by atoms with Gasteiger partial charge in [-0.3, -0.25) is 14.4 Å². The van der Waals surface area contributed by atoms with E-state index >= 15 is 0 Å². The summed E-state index contributed by atoms with van der Waals surface area (Å²) in [5.41, 5.74) is -0.226. The van der Waals surface area contributed by atoms with E-state index in [1.165, 1.54) is 12.1 Å². The van der Waals surface area contributed by atoms with Gasteiger partial charge in [-0.05, 0) is 55.0 Å². The Labute approximate surface area is 202 Å². The van der Waals surface area contributed by atoms with E-state index in [9.17, 15) is 14.4 Å². The minimum absolute atomic E-state index is 0.0556. The number of hydrogen-bond acceptors (Lipinski definition) is 5. The number of benzene rings is 3. The number of fused-ring (bicyclic) bond motifs is 1. The van der Waals surface area contributed by atoms with E-state index in [-0.39, 0.29) is 31.2 Å². The standard InChI is InChI=1S/C26H16Cl2N2O4/c1-13-10-15(34-2)8-9-20(13)29-23-16-11-18(27)19(28)12-17(16)24(31)22-21(23)25(32)30(26(22)33)14-6-4-3-5-7-14/h3-12H,1-2H3/b29-23+. The second-order valence-electron chi connectivity index (χ2n) is 7.79. The smallest absolute Gasteiger partial charge is 0.270 e. The van der Waals surface area contributed by atoms with Crippen molar-refractivity contribution >= 4 is 39.7 Å². The Balaban J connectivity index is 2.06. The summed E-state index contributed by atoms with van der Waals surface area (Å²) in [6.07, 6.45) is 0. The number of nitrogens with zero attached hydrogens (tertiary/aromatic N) is 2. The highest BCUT2D eigenvalue weighted by Crippen LogP contribution is 2.26. The summed E-state index contributed by atoms with van der Waals surface area (Å²) < 4.78 is 6.26. The minimum atomic E-state index is -0.702. The maximum atomic E-state index is 13.6. The average molecular weight is 491 g/mol. The largest absolute Gasteiger partial charge is 0.497 e. The van der Waals surface area contributed by atoms with E-state index in [1.807, 2.05) is 6.92 Å². The summed E-state index contributed by atoms with van der Waals surface area (Å²) in [7, 11) is 1.56. The van der Waals surface area contributed by atoms with Crippen LogP contribution in [0, 0.1) is 17.4 Å². The molecule has 0 fully saturated rings. The van der Waals surface area contributed by atoms with Crippen LogP contribution in [0.5, 0.6) is 5.75 Å². The summed E-state index contributed by atoms with van der Waals surface area (Å²) in [5.74, 6) is 0.651. The van der Waals surface area contributed by atoms with Crippen molar-refractivity contribution in [3.63, 3.8) is 0 Å². The van der Waals surface area contributed by atoms with Gasteiger partial charge in [0.1, 0.15) is 11.0 Å². The van der Waals surface area contributed by atoms with Crippen LogP contribution in [0.1, 0.15) is 5.56 Å². The molecule has 1 aliphatic heterocycles. The van der Waals surface area contributed by atoms with Crippen molar-refractivity contribution in [2.75, 3.05) is 7.11 Å². The summed E-state index contributed by atoms with van der Waals surface area (Å²) in [6.45, 7) is 1.85. The third kappa shape index (κ3) is 3.34. The van der Waals surface area contributed by atoms with Crippen LogP contribution in [0.25, 0.3) is 16.5 Å². The van der Waals surface area contributed by atoms with Gasteiger partial charge in [0.15, 0.2) is 5.43 Å². The third-order valence-electron chi connectivity index (χ3n) is 5.76. The lowest BCUT2D eigenvalue weighted by molar-refractivity contribution is 0.414. The zero-order valence-corrected chi connectivity index (χ0v) is 19.6. The van der Waals surface area contributed by atoms with E-state index in [1.54, 1.807) is 55.6 Å². The molecule has 0 saturated heterocycles. The Morgan fingerprint density at radius 1 is 0.824 bits per heavy atom. The number of halogens is 2. The van der Waals surface area contributed by atoms with Crippen LogP contribution in [0.15, 0.2) is 80.0 Å². The van der Waals surface area contributed by atoms with Crippen molar-refractivity contribution in [2.45, 2.75) is 6.92 Å². The Bertz CT molecular complexity index is 1890. The molecule has 0 spiro atoms.